The van der Waals surface area contributed by atoms with E-state index in [1.807, 2.05) is 56.6 Å². The first-order valence-electron chi connectivity index (χ1n) is 6.85. The minimum Gasteiger partial charge on any atom is -0.493 e. The highest BCUT2D eigenvalue weighted by molar-refractivity contribution is 6.30. The van der Waals surface area contributed by atoms with Gasteiger partial charge in [-0.25, -0.2) is 0 Å². The van der Waals surface area contributed by atoms with Crippen LogP contribution in [0.15, 0.2) is 47.6 Å². The summed E-state index contributed by atoms with van der Waals surface area (Å²) in [5, 5.41) is 6.69. The quantitative estimate of drug-likeness (QED) is 0.600. The van der Waals surface area contributed by atoms with Crippen LogP contribution in [0.2, 0.25) is 5.02 Å². The maximum atomic E-state index is 5.94. The number of ether oxygens (including phenoxy) is 2. The van der Waals surface area contributed by atoms with Crippen LogP contribution in [0.5, 0.6) is 11.5 Å². The van der Waals surface area contributed by atoms with Crippen LogP contribution < -0.4 is 9.47 Å². The first-order chi connectivity index (χ1) is 10.6. The summed E-state index contributed by atoms with van der Waals surface area (Å²) < 4.78 is 11.3. The summed E-state index contributed by atoms with van der Waals surface area (Å²) in [6, 6.07) is 13.3. The average molecular weight is 319 g/mol. The van der Waals surface area contributed by atoms with Gasteiger partial charge in [0.1, 0.15) is 6.61 Å². The molecule has 2 aromatic carbocycles. The summed E-state index contributed by atoms with van der Waals surface area (Å²) in [5.41, 5.74) is 1.90. The second kappa shape index (κ2) is 7.71. The molecule has 0 N–H and O–H groups in total. The lowest BCUT2D eigenvalue weighted by atomic mass is 10.2. The van der Waals surface area contributed by atoms with Gasteiger partial charge in [-0.2, -0.15) is 5.10 Å². The van der Waals surface area contributed by atoms with Crippen LogP contribution >= 0.6 is 11.6 Å². The molecular weight excluding hydrogens is 300 g/mol. The average Bonchev–Trinajstić information content (AvgIpc) is 2.52. The number of methoxy groups -OCH3 is 1. The molecule has 0 aliphatic heterocycles. The SMILES string of the molecule is COc1cccc(/C=N/N(C)C)c1OCc1ccc(Cl)cc1. The molecule has 0 bridgehead atoms. The summed E-state index contributed by atoms with van der Waals surface area (Å²) >= 11 is 5.89. The van der Waals surface area contributed by atoms with Crippen LogP contribution in [0.1, 0.15) is 11.1 Å². The molecule has 0 aromatic heterocycles. The Morgan fingerprint density at radius 3 is 2.50 bits per heavy atom. The Morgan fingerprint density at radius 1 is 1.14 bits per heavy atom. The van der Waals surface area contributed by atoms with Gasteiger partial charge in [0.15, 0.2) is 11.5 Å². The van der Waals surface area contributed by atoms with Gasteiger partial charge in [0.2, 0.25) is 0 Å². The predicted molar refractivity (Wildman–Crippen MR) is 90.1 cm³/mol. The number of hydrogen-bond donors (Lipinski definition) is 0. The van der Waals surface area contributed by atoms with Gasteiger partial charge in [-0.3, -0.25) is 0 Å². The molecular formula is C17H19ClN2O2. The van der Waals surface area contributed by atoms with E-state index >= 15 is 0 Å². The maximum Gasteiger partial charge on any atom is 0.170 e. The molecule has 5 heteroatoms. The summed E-state index contributed by atoms with van der Waals surface area (Å²) in [7, 11) is 5.35. The van der Waals surface area contributed by atoms with Crippen molar-refractivity contribution in [1.82, 2.24) is 5.01 Å². The van der Waals surface area contributed by atoms with E-state index in [1.54, 1.807) is 18.3 Å². The van der Waals surface area contributed by atoms with Crippen LogP contribution in [-0.2, 0) is 6.61 Å². The number of halogens is 1. The third-order valence-electron chi connectivity index (χ3n) is 2.95. The Bertz CT molecular complexity index is 640. The topological polar surface area (TPSA) is 34.1 Å². The van der Waals surface area contributed by atoms with E-state index < -0.39 is 0 Å². The second-order valence-corrected chi connectivity index (χ2v) is 5.32. The lowest BCUT2D eigenvalue weighted by Crippen LogP contribution is -2.04. The number of benzene rings is 2. The third-order valence-corrected chi connectivity index (χ3v) is 3.21. The number of hydrogen-bond acceptors (Lipinski definition) is 4. The highest BCUT2D eigenvalue weighted by Gasteiger charge is 2.09. The minimum absolute atomic E-state index is 0.431. The van der Waals surface area contributed by atoms with Crippen molar-refractivity contribution < 1.29 is 9.47 Å². The zero-order chi connectivity index (χ0) is 15.9. The Kier molecular flexibility index (Phi) is 5.67. The minimum atomic E-state index is 0.431. The number of nitrogens with zero attached hydrogens (tertiary/aromatic N) is 2. The third kappa shape index (κ3) is 4.40. The van der Waals surface area contributed by atoms with Crippen molar-refractivity contribution in [2.45, 2.75) is 6.61 Å². The number of para-hydroxylation sites is 1. The van der Waals surface area contributed by atoms with Crippen molar-refractivity contribution in [2.75, 3.05) is 21.2 Å². The van der Waals surface area contributed by atoms with Crippen molar-refractivity contribution in [3.05, 3.63) is 58.6 Å². The molecule has 0 heterocycles. The van der Waals surface area contributed by atoms with Crippen molar-refractivity contribution in [3.8, 4) is 11.5 Å². The molecule has 0 amide bonds. The van der Waals surface area contributed by atoms with E-state index in [9.17, 15) is 0 Å². The first kappa shape index (κ1) is 16.2. The summed E-state index contributed by atoms with van der Waals surface area (Å²) in [5.74, 6) is 1.35. The lowest BCUT2D eigenvalue weighted by Gasteiger charge is -2.13. The summed E-state index contributed by atoms with van der Waals surface area (Å²) in [6.45, 7) is 0.431. The predicted octanol–water partition coefficient (Wildman–Crippen LogP) is 3.82. The van der Waals surface area contributed by atoms with Gasteiger partial charge in [0.05, 0.1) is 13.3 Å². The first-order valence-corrected chi connectivity index (χ1v) is 7.23. The zero-order valence-corrected chi connectivity index (χ0v) is 13.7. The van der Waals surface area contributed by atoms with Gasteiger partial charge in [0.25, 0.3) is 0 Å². The fourth-order valence-corrected chi connectivity index (χ4v) is 1.99. The van der Waals surface area contributed by atoms with E-state index in [1.165, 1.54) is 0 Å². The van der Waals surface area contributed by atoms with Gasteiger partial charge in [-0.05, 0) is 29.8 Å². The molecule has 2 rings (SSSR count). The standard InChI is InChI=1S/C17H19ClN2O2/c1-20(2)19-11-14-5-4-6-16(21-3)17(14)22-12-13-7-9-15(18)10-8-13/h4-11H,12H2,1-3H3/b19-11+. The summed E-state index contributed by atoms with van der Waals surface area (Å²) in [4.78, 5) is 0. The molecule has 0 fully saturated rings. The highest BCUT2D eigenvalue weighted by atomic mass is 35.5. The molecule has 0 aliphatic carbocycles. The second-order valence-electron chi connectivity index (χ2n) is 4.89. The normalized spacial score (nSPS) is 10.7. The Labute approximate surface area is 135 Å². The molecule has 0 saturated heterocycles. The fourth-order valence-electron chi connectivity index (χ4n) is 1.86. The van der Waals surface area contributed by atoms with E-state index in [-0.39, 0.29) is 0 Å². The molecule has 0 unspecified atom stereocenters. The number of rotatable bonds is 6. The van der Waals surface area contributed by atoms with Crippen LogP contribution in [0.4, 0.5) is 0 Å². The smallest absolute Gasteiger partial charge is 0.170 e. The van der Waals surface area contributed by atoms with E-state index in [4.69, 9.17) is 21.1 Å². The van der Waals surface area contributed by atoms with Gasteiger partial charge in [-0.1, -0.05) is 29.8 Å². The highest BCUT2D eigenvalue weighted by Crippen LogP contribution is 2.31. The van der Waals surface area contributed by atoms with Crippen LogP contribution in [0.25, 0.3) is 0 Å². The van der Waals surface area contributed by atoms with Crippen molar-refractivity contribution in [3.63, 3.8) is 0 Å². The molecule has 22 heavy (non-hydrogen) atoms. The van der Waals surface area contributed by atoms with E-state index in [0.717, 1.165) is 11.1 Å². The molecule has 0 spiro atoms. The van der Waals surface area contributed by atoms with Crippen LogP contribution in [0.3, 0.4) is 0 Å². The van der Waals surface area contributed by atoms with Crippen molar-refractivity contribution >= 4 is 17.8 Å². The Hall–Kier alpha value is -2.20. The van der Waals surface area contributed by atoms with Crippen molar-refractivity contribution in [2.24, 2.45) is 5.10 Å². The molecule has 0 saturated carbocycles. The largest absolute Gasteiger partial charge is 0.493 e. The number of hydrazone groups is 1. The van der Waals surface area contributed by atoms with Gasteiger partial charge >= 0.3 is 0 Å². The molecule has 116 valence electrons. The van der Waals surface area contributed by atoms with Gasteiger partial charge in [0, 0.05) is 24.7 Å². The van der Waals surface area contributed by atoms with Crippen molar-refractivity contribution in [1.29, 1.82) is 0 Å². The molecule has 4 nitrogen and oxygen atoms in total. The van der Waals surface area contributed by atoms with E-state index in [2.05, 4.69) is 5.10 Å². The van der Waals surface area contributed by atoms with E-state index in [0.29, 0.717) is 23.1 Å². The van der Waals surface area contributed by atoms with Gasteiger partial charge in [-0.15, -0.1) is 0 Å². The molecule has 0 radical (unpaired) electrons. The lowest BCUT2D eigenvalue weighted by molar-refractivity contribution is 0.284. The molecule has 0 atom stereocenters. The van der Waals surface area contributed by atoms with Gasteiger partial charge < -0.3 is 14.5 Å². The fraction of sp³-hybridized carbons (Fsp3) is 0.235. The molecule has 0 aliphatic rings. The Balaban J connectivity index is 2.22. The zero-order valence-electron chi connectivity index (χ0n) is 12.9. The summed E-state index contributed by atoms with van der Waals surface area (Å²) in [6.07, 6.45) is 1.75. The van der Waals surface area contributed by atoms with Crippen LogP contribution in [-0.4, -0.2) is 32.4 Å². The Morgan fingerprint density at radius 2 is 1.86 bits per heavy atom. The molecule has 2 aromatic rings. The monoisotopic (exact) mass is 318 g/mol. The van der Waals surface area contributed by atoms with Crippen LogP contribution in [0, 0.1) is 0 Å². The maximum absolute atomic E-state index is 5.94.